The summed E-state index contributed by atoms with van der Waals surface area (Å²) in [5.74, 6) is 0.217. The Morgan fingerprint density at radius 3 is 2.62 bits per heavy atom. The van der Waals surface area contributed by atoms with Gasteiger partial charge in [0.05, 0.1) is 15.9 Å². The molecule has 0 radical (unpaired) electrons. The molecule has 0 fully saturated rings. The van der Waals surface area contributed by atoms with Crippen LogP contribution in [0, 0.1) is 0 Å². The summed E-state index contributed by atoms with van der Waals surface area (Å²) >= 11 is 1.66. The van der Waals surface area contributed by atoms with Gasteiger partial charge in [-0.1, -0.05) is 30.3 Å². The van der Waals surface area contributed by atoms with E-state index in [0.29, 0.717) is 5.56 Å². The molecule has 0 saturated carbocycles. The number of imidazole rings is 1. The molecule has 0 saturated heterocycles. The Kier molecular flexibility index (Phi) is 3.60. The van der Waals surface area contributed by atoms with Crippen molar-refractivity contribution in [2.24, 2.45) is 0 Å². The number of carbonyl (C=O) groups is 1. The second-order valence-corrected chi connectivity index (χ2v) is 6.37. The molecule has 0 aliphatic rings. The van der Waals surface area contributed by atoms with Crippen molar-refractivity contribution in [1.82, 2.24) is 15.4 Å². The summed E-state index contributed by atoms with van der Waals surface area (Å²) in [7, 11) is 0. The number of benzene rings is 2. The number of nitrogens with zero attached hydrogens (tertiary/aromatic N) is 1. The number of H-pyrrole nitrogens is 1. The minimum absolute atomic E-state index is 0.372. The lowest BCUT2D eigenvalue weighted by atomic mass is 10.2. The molecule has 4 rings (SSSR count). The molecule has 0 aliphatic heterocycles. The number of aromatic amines is 1. The molecule has 4 aromatic rings. The summed E-state index contributed by atoms with van der Waals surface area (Å²) in [4.78, 5) is 21.5. The summed E-state index contributed by atoms with van der Waals surface area (Å²) in [6.45, 7) is 0. The van der Waals surface area contributed by atoms with Crippen LogP contribution in [0.4, 0.5) is 0 Å². The number of hydrogen-bond acceptors (Lipinski definition) is 4. The normalized spacial score (nSPS) is 10.9. The highest BCUT2D eigenvalue weighted by atomic mass is 32.1. The molecule has 2 aromatic carbocycles. The van der Waals surface area contributed by atoms with Crippen molar-refractivity contribution >= 4 is 28.3 Å². The zero-order valence-electron chi connectivity index (χ0n) is 12.5. The largest absolute Gasteiger partial charge is 0.337 e. The first-order chi connectivity index (χ1) is 11.7. The van der Waals surface area contributed by atoms with Gasteiger partial charge in [0.1, 0.15) is 5.82 Å². The number of amides is 1. The topological polar surface area (TPSA) is 78.0 Å². The Hall–Kier alpha value is -2.96. The highest BCUT2D eigenvalue weighted by Gasteiger charge is 2.11. The number of aromatic nitrogens is 2. The maximum absolute atomic E-state index is 11.5. The van der Waals surface area contributed by atoms with Crippen LogP contribution in [0.25, 0.3) is 32.2 Å². The van der Waals surface area contributed by atoms with Crippen molar-refractivity contribution in [3.63, 3.8) is 0 Å². The van der Waals surface area contributed by atoms with Crippen LogP contribution < -0.4 is 5.48 Å². The molecule has 0 aliphatic carbocycles. The standard InChI is InChI=1S/C18H13N3O2S/c22-18(21-23)12-6-7-13-14(10-12)20-17(19-13)16-9-8-15(24-16)11-4-2-1-3-5-11/h1-10,23H,(H,19,20)(H,21,22). The molecule has 3 N–H and O–H groups in total. The van der Waals surface area contributed by atoms with Crippen LogP contribution in [0.3, 0.4) is 0 Å². The third kappa shape index (κ3) is 2.58. The molecule has 6 heteroatoms. The van der Waals surface area contributed by atoms with Gasteiger partial charge in [0.15, 0.2) is 0 Å². The zero-order chi connectivity index (χ0) is 16.5. The molecule has 1 amide bonds. The average Bonchev–Trinajstić information content (AvgIpc) is 3.27. The van der Waals surface area contributed by atoms with Gasteiger partial charge in [-0.2, -0.15) is 0 Å². The fraction of sp³-hybridized carbons (Fsp3) is 0. The Balaban J connectivity index is 1.72. The molecule has 0 atom stereocenters. The van der Waals surface area contributed by atoms with Crippen LogP contribution >= 0.6 is 11.3 Å². The number of carbonyl (C=O) groups excluding carboxylic acids is 1. The summed E-state index contributed by atoms with van der Waals surface area (Å²) in [6.07, 6.45) is 0. The zero-order valence-corrected chi connectivity index (χ0v) is 13.3. The molecule has 0 bridgehead atoms. The molecule has 0 spiro atoms. The molecule has 2 heterocycles. The highest BCUT2D eigenvalue weighted by Crippen LogP contribution is 2.33. The summed E-state index contributed by atoms with van der Waals surface area (Å²) < 4.78 is 0. The number of fused-ring (bicyclic) bond motifs is 1. The fourth-order valence-electron chi connectivity index (χ4n) is 2.55. The van der Waals surface area contributed by atoms with Gasteiger partial charge in [-0.3, -0.25) is 10.0 Å². The Bertz CT molecular complexity index is 1020. The van der Waals surface area contributed by atoms with Crippen LogP contribution in [0.1, 0.15) is 10.4 Å². The second kappa shape index (κ2) is 5.92. The Morgan fingerprint density at radius 2 is 1.83 bits per heavy atom. The third-order valence-electron chi connectivity index (χ3n) is 3.74. The van der Waals surface area contributed by atoms with Crippen molar-refractivity contribution in [3.05, 3.63) is 66.2 Å². The lowest BCUT2D eigenvalue weighted by molar-refractivity contribution is 0.0706. The Labute approximate surface area is 141 Å². The van der Waals surface area contributed by atoms with Crippen molar-refractivity contribution in [2.45, 2.75) is 0 Å². The molecular weight excluding hydrogens is 322 g/mol. The molecular formula is C18H13N3O2S. The van der Waals surface area contributed by atoms with E-state index in [1.807, 2.05) is 24.3 Å². The van der Waals surface area contributed by atoms with Crippen LogP contribution in [0.5, 0.6) is 0 Å². The quantitative estimate of drug-likeness (QED) is 0.390. The van der Waals surface area contributed by atoms with E-state index in [-0.39, 0.29) is 0 Å². The summed E-state index contributed by atoms with van der Waals surface area (Å²) in [5, 5.41) is 8.73. The van der Waals surface area contributed by atoms with E-state index >= 15 is 0 Å². The molecule has 5 nitrogen and oxygen atoms in total. The van der Waals surface area contributed by atoms with Gasteiger partial charge in [-0.05, 0) is 35.9 Å². The van der Waals surface area contributed by atoms with E-state index in [4.69, 9.17) is 5.21 Å². The lowest BCUT2D eigenvalue weighted by Crippen LogP contribution is -2.18. The van der Waals surface area contributed by atoms with Crippen molar-refractivity contribution in [3.8, 4) is 21.1 Å². The summed E-state index contributed by atoms with van der Waals surface area (Å²) in [5.41, 5.74) is 4.70. The van der Waals surface area contributed by atoms with Crippen molar-refractivity contribution < 1.29 is 10.0 Å². The van der Waals surface area contributed by atoms with Gasteiger partial charge in [0.25, 0.3) is 5.91 Å². The van der Waals surface area contributed by atoms with Gasteiger partial charge < -0.3 is 4.98 Å². The SMILES string of the molecule is O=C(NO)c1ccc2nc(-c3ccc(-c4ccccc4)s3)[nH]c2c1. The van der Waals surface area contributed by atoms with Gasteiger partial charge >= 0.3 is 0 Å². The number of hydrogen-bond donors (Lipinski definition) is 3. The molecule has 118 valence electrons. The second-order valence-electron chi connectivity index (χ2n) is 5.29. The van der Waals surface area contributed by atoms with E-state index in [1.54, 1.807) is 35.0 Å². The number of hydroxylamine groups is 1. The predicted octanol–water partition coefficient (Wildman–Crippen LogP) is 4.08. The molecule has 2 aromatic heterocycles. The first kappa shape index (κ1) is 14.6. The van der Waals surface area contributed by atoms with Gasteiger partial charge in [-0.25, -0.2) is 10.5 Å². The van der Waals surface area contributed by atoms with E-state index in [0.717, 1.165) is 21.7 Å². The maximum Gasteiger partial charge on any atom is 0.274 e. The van der Waals surface area contributed by atoms with Crippen LogP contribution in [-0.4, -0.2) is 21.1 Å². The lowest BCUT2D eigenvalue weighted by Gasteiger charge is -1.97. The maximum atomic E-state index is 11.5. The number of rotatable bonds is 3. The van der Waals surface area contributed by atoms with Crippen LogP contribution in [-0.2, 0) is 0 Å². The van der Waals surface area contributed by atoms with Gasteiger partial charge in [-0.15, -0.1) is 11.3 Å². The predicted molar refractivity (Wildman–Crippen MR) is 94.1 cm³/mol. The van der Waals surface area contributed by atoms with E-state index in [1.165, 1.54) is 10.4 Å². The third-order valence-corrected chi connectivity index (χ3v) is 4.88. The smallest absolute Gasteiger partial charge is 0.274 e. The fourth-order valence-corrected chi connectivity index (χ4v) is 3.51. The molecule has 0 unspecified atom stereocenters. The minimum Gasteiger partial charge on any atom is -0.337 e. The van der Waals surface area contributed by atoms with E-state index in [2.05, 4.69) is 28.2 Å². The molecule has 24 heavy (non-hydrogen) atoms. The van der Waals surface area contributed by atoms with Crippen molar-refractivity contribution in [1.29, 1.82) is 0 Å². The Morgan fingerprint density at radius 1 is 1.04 bits per heavy atom. The minimum atomic E-state index is -0.546. The van der Waals surface area contributed by atoms with E-state index < -0.39 is 5.91 Å². The first-order valence-corrected chi connectivity index (χ1v) is 8.16. The van der Waals surface area contributed by atoms with Crippen LogP contribution in [0.2, 0.25) is 0 Å². The van der Waals surface area contributed by atoms with Gasteiger partial charge in [0, 0.05) is 10.4 Å². The van der Waals surface area contributed by atoms with Gasteiger partial charge in [0.2, 0.25) is 0 Å². The number of thiophene rings is 1. The number of nitrogens with one attached hydrogen (secondary N) is 2. The summed E-state index contributed by atoms with van der Waals surface area (Å²) in [6, 6.07) is 19.4. The highest BCUT2D eigenvalue weighted by molar-refractivity contribution is 7.18. The first-order valence-electron chi connectivity index (χ1n) is 7.34. The van der Waals surface area contributed by atoms with E-state index in [9.17, 15) is 4.79 Å². The van der Waals surface area contributed by atoms with Crippen molar-refractivity contribution in [2.75, 3.05) is 0 Å². The average molecular weight is 335 g/mol. The monoisotopic (exact) mass is 335 g/mol. The van der Waals surface area contributed by atoms with Crippen LogP contribution in [0.15, 0.2) is 60.7 Å².